The van der Waals surface area contributed by atoms with Crippen LogP contribution < -0.4 is 0 Å². The first kappa shape index (κ1) is 12.8. The third-order valence-electron chi connectivity index (χ3n) is 3.44. The van der Waals surface area contributed by atoms with Crippen LogP contribution >= 0.6 is 27.3 Å². The van der Waals surface area contributed by atoms with Gasteiger partial charge in [0.25, 0.3) is 0 Å². The molecule has 3 rings (SSSR count). The molecule has 0 bridgehead atoms. The summed E-state index contributed by atoms with van der Waals surface area (Å²) in [5.41, 5.74) is 2.40. The Morgan fingerprint density at radius 1 is 1.47 bits per heavy atom. The van der Waals surface area contributed by atoms with Gasteiger partial charge in [0.05, 0.1) is 5.69 Å². The fraction of sp³-hybridized carbons (Fsp3) is 0.286. The highest BCUT2D eigenvalue weighted by Gasteiger charge is 2.35. The number of hydrogen-bond acceptors (Lipinski definition) is 3. The molecular formula is C14H12BrNO2S. The number of carboxylic acids is 1. The predicted octanol–water partition coefficient (Wildman–Crippen LogP) is 3.84. The molecule has 19 heavy (non-hydrogen) atoms. The third-order valence-corrected chi connectivity index (χ3v) is 5.32. The Labute approximate surface area is 123 Å². The summed E-state index contributed by atoms with van der Waals surface area (Å²) in [6, 6.07) is 6.17. The fourth-order valence-corrected chi connectivity index (χ4v) is 3.69. The minimum absolute atomic E-state index is 0.677. The van der Waals surface area contributed by atoms with E-state index in [9.17, 15) is 9.90 Å². The second kappa shape index (κ2) is 4.15. The lowest BCUT2D eigenvalue weighted by Crippen LogP contribution is -2.28. The van der Waals surface area contributed by atoms with Gasteiger partial charge in [0, 0.05) is 21.3 Å². The maximum atomic E-state index is 11.3. The molecule has 1 N–H and O–H groups in total. The van der Waals surface area contributed by atoms with Crippen LogP contribution in [0.4, 0.5) is 0 Å². The van der Waals surface area contributed by atoms with Crippen LogP contribution in [0, 0.1) is 0 Å². The molecular weight excluding hydrogens is 326 g/mol. The summed E-state index contributed by atoms with van der Waals surface area (Å²) >= 11 is 4.98. The van der Waals surface area contributed by atoms with Crippen LogP contribution in [0.25, 0.3) is 11.3 Å². The minimum atomic E-state index is -0.929. The molecule has 0 aliphatic heterocycles. The normalized spacial score (nSPS) is 13.2. The Bertz CT molecular complexity index is 691. The van der Waals surface area contributed by atoms with Gasteiger partial charge in [-0.2, -0.15) is 0 Å². The summed E-state index contributed by atoms with van der Waals surface area (Å²) in [4.78, 5) is 17.1. The number of hydrogen-bond donors (Lipinski definition) is 1. The summed E-state index contributed by atoms with van der Waals surface area (Å²) in [7, 11) is 0. The lowest BCUT2D eigenvalue weighted by atomic mass is 9.95. The van der Waals surface area contributed by atoms with Gasteiger partial charge in [0.15, 0.2) is 0 Å². The zero-order chi connectivity index (χ0) is 13.8. The van der Waals surface area contributed by atoms with Crippen molar-refractivity contribution in [3.63, 3.8) is 0 Å². The van der Waals surface area contributed by atoms with Crippen molar-refractivity contribution >= 4 is 33.2 Å². The van der Waals surface area contributed by atoms with Gasteiger partial charge in [-0.25, -0.2) is 4.98 Å². The van der Waals surface area contributed by atoms with Crippen molar-refractivity contribution in [3.05, 3.63) is 38.1 Å². The van der Waals surface area contributed by atoms with Gasteiger partial charge >= 0.3 is 5.97 Å². The Kier molecular flexibility index (Phi) is 2.80. The third kappa shape index (κ3) is 1.92. The highest BCUT2D eigenvalue weighted by molar-refractivity contribution is 9.10. The molecule has 0 radical (unpaired) electrons. The molecule has 0 amide bonds. The zero-order valence-electron chi connectivity index (χ0n) is 10.5. The molecule has 1 aromatic heterocycles. The van der Waals surface area contributed by atoms with Gasteiger partial charge in [-0.1, -0.05) is 22.0 Å². The largest absolute Gasteiger partial charge is 0.481 e. The van der Waals surface area contributed by atoms with E-state index >= 15 is 0 Å². The second-order valence-electron chi connectivity index (χ2n) is 5.20. The summed E-state index contributed by atoms with van der Waals surface area (Å²) in [5.74, 6) is -0.839. The number of aromatic nitrogens is 1. The molecule has 0 atom stereocenters. The van der Waals surface area contributed by atoms with Crippen molar-refractivity contribution in [1.82, 2.24) is 4.98 Å². The molecule has 2 aromatic rings. The van der Waals surface area contributed by atoms with E-state index in [0.717, 1.165) is 27.0 Å². The number of aliphatic carboxylic acids is 1. The first-order valence-corrected chi connectivity index (χ1v) is 7.53. The van der Waals surface area contributed by atoms with Crippen molar-refractivity contribution in [2.24, 2.45) is 0 Å². The molecule has 3 nitrogen and oxygen atoms in total. The fourth-order valence-electron chi connectivity index (χ4n) is 2.14. The van der Waals surface area contributed by atoms with Crippen molar-refractivity contribution in [2.45, 2.75) is 25.7 Å². The van der Waals surface area contributed by atoms with E-state index in [1.807, 2.05) is 6.07 Å². The first-order chi connectivity index (χ1) is 8.89. The quantitative estimate of drug-likeness (QED) is 0.772. The average molecular weight is 338 g/mol. The van der Waals surface area contributed by atoms with Gasteiger partial charge in [-0.15, -0.1) is 11.3 Å². The van der Waals surface area contributed by atoms with Gasteiger partial charge in [-0.3, -0.25) is 4.79 Å². The topological polar surface area (TPSA) is 50.2 Å². The van der Waals surface area contributed by atoms with Crippen molar-refractivity contribution in [3.8, 4) is 11.3 Å². The summed E-state index contributed by atoms with van der Waals surface area (Å²) in [6.07, 6.45) is 0.852. The molecule has 1 heterocycles. The summed E-state index contributed by atoms with van der Waals surface area (Å²) in [6.45, 7) is 3.40. The number of rotatable bonds is 2. The molecule has 0 unspecified atom stereocenters. The Morgan fingerprint density at radius 2 is 2.21 bits per heavy atom. The van der Waals surface area contributed by atoms with E-state index < -0.39 is 11.4 Å². The molecule has 1 aromatic carbocycles. The van der Waals surface area contributed by atoms with Gasteiger partial charge in [0.1, 0.15) is 10.4 Å². The van der Waals surface area contributed by atoms with Crippen LogP contribution in [0.3, 0.4) is 0 Å². The van der Waals surface area contributed by atoms with E-state index in [0.29, 0.717) is 5.01 Å². The predicted molar refractivity (Wildman–Crippen MR) is 78.7 cm³/mol. The van der Waals surface area contributed by atoms with Gasteiger partial charge in [-0.05, 0) is 31.5 Å². The highest BCUT2D eigenvalue weighted by atomic mass is 79.9. The van der Waals surface area contributed by atoms with E-state index in [-0.39, 0.29) is 0 Å². The molecule has 1 aliphatic carbocycles. The van der Waals surface area contributed by atoms with Gasteiger partial charge in [0.2, 0.25) is 0 Å². The molecule has 1 aliphatic rings. The Morgan fingerprint density at radius 3 is 2.89 bits per heavy atom. The van der Waals surface area contributed by atoms with Crippen LogP contribution in [-0.4, -0.2) is 16.1 Å². The SMILES string of the molecule is CC(C)(C(=O)O)c1nc2c(s1)Cc1ccc(Br)cc1-2. The lowest BCUT2D eigenvalue weighted by molar-refractivity contribution is -0.142. The highest BCUT2D eigenvalue weighted by Crippen LogP contribution is 2.43. The second-order valence-corrected chi connectivity index (χ2v) is 7.20. The number of benzene rings is 1. The number of nitrogens with zero attached hydrogens (tertiary/aromatic N) is 1. The first-order valence-electron chi connectivity index (χ1n) is 5.92. The van der Waals surface area contributed by atoms with E-state index in [1.54, 1.807) is 13.8 Å². The van der Waals surface area contributed by atoms with Crippen molar-refractivity contribution < 1.29 is 9.90 Å². The minimum Gasteiger partial charge on any atom is -0.481 e. The number of thiazole rings is 1. The summed E-state index contributed by atoms with van der Waals surface area (Å²) in [5, 5.41) is 9.96. The number of halogens is 1. The lowest BCUT2D eigenvalue weighted by Gasteiger charge is -2.15. The van der Waals surface area contributed by atoms with E-state index in [2.05, 4.69) is 33.0 Å². The molecule has 5 heteroatoms. The summed E-state index contributed by atoms with van der Waals surface area (Å²) < 4.78 is 1.02. The molecule has 0 saturated carbocycles. The Balaban J connectivity index is 2.11. The van der Waals surface area contributed by atoms with Crippen LogP contribution in [0.2, 0.25) is 0 Å². The van der Waals surface area contributed by atoms with E-state index in [4.69, 9.17) is 0 Å². The van der Waals surface area contributed by atoms with Crippen LogP contribution in [0.5, 0.6) is 0 Å². The number of carbonyl (C=O) groups is 1. The van der Waals surface area contributed by atoms with Crippen LogP contribution in [-0.2, 0) is 16.6 Å². The monoisotopic (exact) mass is 337 g/mol. The molecule has 0 saturated heterocycles. The maximum absolute atomic E-state index is 11.3. The van der Waals surface area contributed by atoms with Crippen molar-refractivity contribution in [2.75, 3.05) is 0 Å². The maximum Gasteiger partial charge on any atom is 0.316 e. The smallest absolute Gasteiger partial charge is 0.316 e. The van der Waals surface area contributed by atoms with Crippen molar-refractivity contribution in [1.29, 1.82) is 0 Å². The number of carboxylic acid groups (broad SMARTS) is 1. The average Bonchev–Trinajstić information content (AvgIpc) is 2.87. The standard InChI is InChI=1S/C14H12BrNO2S/c1-14(2,13(17)18)12-16-11-9-6-8(15)4-3-7(9)5-10(11)19-12/h3-4,6H,5H2,1-2H3,(H,17,18). The Hall–Kier alpha value is -1.20. The molecule has 0 spiro atoms. The van der Waals surface area contributed by atoms with E-state index in [1.165, 1.54) is 16.9 Å². The molecule has 98 valence electrons. The zero-order valence-corrected chi connectivity index (χ0v) is 12.9. The van der Waals surface area contributed by atoms with Gasteiger partial charge < -0.3 is 5.11 Å². The van der Waals surface area contributed by atoms with Crippen LogP contribution in [0.15, 0.2) is 22.7 Å². The molecule has 0 fully saturated rings. The van der Waals surface area contributed by atoms with Crippen LogP contribution in [0.1, 0.15) is 29.3 Å². The number of fused-ring (bicyclic) bond motifs is 3.